The average Bonchev–Trinajstić information content (AvgIpc) is 2.74. The highest BCUT2D eigenvalue weighted by atomic mass is 35.5. The Hall–Kier alpha value is -1.26. The van der Waals surface area contributed by atoms with Crippen LogP contribution in [0.15, 0.2) is 24.3 Å². The Morgan fingerprint density at radius 1 is 1.19 bits per heavy atom. The van der Waals surface area contributed by atoms with Crippen LogP contribution in [0.4, 0.5) is 5.69 Å². The number of amides is 1. The number of carbonyl (C=O) groups excluding carboxylic acids is 1. The minimum absolute atomic E-state index is 0. The molecule has 5 heteroatoms. The Bertz CT molecular complexity index is 432. The Morgan fingerprint density at radius 2 is 1.86 bits per heavy atom. The molecule has 1 saturated heterocycles. The van der Waals surface area contributed by atoms with Crippen molar-refractivity contribution in [3.8, 4) is 5.75 Å². The zero-order valence-corrected chi connectivity index (χ0v) is 13.4. The molecular formula is C16H24ClN2O2-. The van der Waals surface area contributed by atoms with Gasteiger partial charge in [-0.15, -0.1) is 0 Å². The number of rotatable bonds is 5. The van der Waals surface area contributed by atoms with Gasteiger partial charge in [0.25, 0.3) is 0 Å². The molecule has 1 aromatic rings. The van der Waals surface area contributed by atoms with Gasteiger partial charge < -0.3 is 27.4 Å². The third kappa shape index (κ3) is 5.94. The lowest BCUT2D eigenvalue weighted by molar-refractivity contribution is -0.116. The van der Waals surface area contributed by atoms with E-state index in [2.05, 4.69) is 10.2 Å². The number of benzene rings is 1. The lowest BCUT2D eigenvalue weighted by atomic mass is 10.2. The Labute approximate surface area is 133 Å². The molecule has 1 aromatic carbocycles. The number of likely N-dealkylation sites (tertiary alicyclic amines) is 1. The first kappa shape index (κ1) is 17.8. The number of carbonyl (C=O) groups is 1. The van der Waals surface area contributed by atoms with Crippen LogP contribution in [0.5, 0.6) is 5.75 Å². The summed E-state index contributed by atoms with van der Waals surface area (Å²) in [5, 5.41) is 2.93. The van der Waals surface area contributed by atoms with E-state index < -0.39 is 0 Å². The lowest BCUT2D eigenvalue weighted by Gasteiger charge is -2.19. The number of hydrogen-bond donors (Lipinski definition) is 1. The average molecular weight is 312 g/mol. The van der Waals surface area contributed by atoms with Gasteiger partial charge in [0.2, 0.25) is 5.91 Å². The van der Waals surface area contributed by atoms with Crippen LogP contribution in [0.25, 0.3) is 0 Å². The molecule has 1 amide bonds. The number of methoxy groups -OCH3 is 1. The second-order valence-electron chi connectivity index (χ2n) is 5.25. The van der Waals surface area contributed by atoms with E-state index in [1.165, 1.54) is 25.7 Å². The first-order valence-corrected chi connectivity index (χ1v) is 7.45. The zero-order valence-electron chi connectivity index (χ0n) is 12.6. The maximum atomic E-state index is 12.0. The lowest BCUT2D eigenvalue weighted by Crippen LogP contribution is -3.00. The normalized spacial score (nSPS) is 15.7. The van der Waals surface area contributed by atoms with Crippen molar-refractivity contribution < 1.29 is 21.9 Å². The first-order valence-electron chi connectivity index (χ1n) is 7.45. The predicted octanol–water partition coefficient (Wildman–Crippen LogP) is -0.0962. The van der Waals surface area contributed by atoms with E-state index in [0.717, 1.165) is 25.3 Å². The van der Waals surface area contributed by atoms with Crippen LogP contribution in [-0.2, 0) is 4.79 Å². The predicted molar refractivity (Wildman–Crippen MR) is 81.1 cm³/mol. The smallest absolute Gasteiger partial charge is 0.225 e. The summed E-state index contributed by atoms with van der Waals surface area (Å²) < 4.78 is 5.23. The van der Waals surface area contributed by atoms with Gasteiger partial charge in [-0.25, -0.2) is 0 Å². The standard InChI is InChI=1S/C16H24N2O2.ClH/c1-20-15-9-5-4-8-14(15)17-16(19)10-13-18-11-6-2-3-7-12-18;/h4-5,8-9H,2-3,6-7,10-13H2,1H3,(H,17,19);1H/p-1. The topological polar surface area (TPSA) is 41.6 Å². The fraction of sp³-hybridized carbons (Fsp3) is 0.562. The maximum absolute atomic E-state index is 12.0. The molecule has 1 aliphatic heterocycles. The molecule has 0 aliphatic carbocycles. The maximum Gasteiger partial charge on any atom is 0.225 e. The summed E-state index contributed by atoms with van der Waals surface area (Å²) in [4.78, 5) is 14.4. The molecule has 2 rings (SSSR count). The van der Waals surface area contributed by atoms with Crippen molar-refractivity contribution in [1.82, 2.24) is 4.90 Å². The van der Waals surface area contributed by atoms with Gasteiger partial charge in [-0.2, -0.15) is 0 Å². The molecule has 118 valence electrons. The highest BCUT2D eigenvalue weighted by Gasteiger charge is 2.12. The number of nitrogens with zero attached hydrogens (tertiary/aromatic N) is 1. The molecule has 0 atom stereocenters. The van der Waals surface area contributed by atoms with Gasteiger partial charge in [0.15, 0.2) is 0 Å². The summed E-state index contributed by atoms with van der Waals surface area (Å²) >= 11 is 0. The molecule has 4 nitrogen and oxygen atoms in total. The van der Waals surface area contributed by atoms with Gasteiger partial charge in [0.1, 0.15) is 5.75 Å². The van der Waals surface area contributed by atoms with Crippen LogP contribution in [0, 0.1) is 0 Å². The molecule has 1 aliphatic rings. The van der Waals surface area contributed by atoms with E-state index in [1.807, 2.05) is 24.3 Å². The molecule has 21 heavy (non-hydrogen) atoms. The molecule has 0 spiro atoms. The monoisotopic (exact) mass is 311 g/mol. The summed E-state index contributed by atoms with van der Waals surface area (Å²) in [6.07, 6.45) is 5.70. The van der Waals surface area contributed by atoms with Gasteiger partial charge >= 0.3 is 0 Å². The largest absolute Gasteiger partial charge is 1.00 e. The molecule has 1 N–H and O–H groups in total. The number of nitrogens with one attached hydrogen (secondary N) is 1. The van der Waals surface area contributed by atoms with E-state index in [9.17, 15) is 4.79 Å². The molecule has 0 saturated carbocycles. The van der Waals surface area contributed by atoms with Crippen molar-refractivity contribution in [2.45, 2.75) is 32.1 Å². The first-order chi connectivity index (χ1) is 9.79. The molecule has 0 radical (unpaired) electrons. The number of para-hydroxylation sites is 2. The molecule has 1 fully saturated rings. The van der Waals surface area contributed by atoms with E-state index >= 15 is 0 Å². The van der Waals surface area contributed by atoms with E-state index in [4.69, 9.17) is 4.74 Å². The highest BCUT2D eigenvalue weighted by molar-refractivity contribution is 5.92. The SMILES string of the molecule is COc1ccccc1NC(=O)CCN1CCCCCC1.[Cl-]. The highest BCUT2D eigenvalue weighted by Crippen LogP contribution is 2.23. The number of ether oxygens (including phenoxy) is 1. The Kier molecular flexibility index (Phi) is 8.16. The van der Waals surface area contributed by atoms with Gasteiger partial charge in [-0.3, -0.25) is 4.79 Å². The van der Waals surface area contributed by atoms with Crippen LogP contribution >= 0.6 is 0 Å². The molecule has 1 heterocycles. The number of anilines is 1. The van der Waals surface area contributed by atoms with Gasteiger partial charge in [-0.05, 0) is 38.1 Å². The van der Waals surface area contributed by atoms with Gasteiger partial charge in [0.05, 0.1) is 12.8 Å². The van der Waals surface area contributed by atoms with Crippen molar-refractivity contribution in [3.05, 3.63) is 24.3 Å². The summed E-state index contributed by atoms with van der Waals surface area (Å²) in [6.45, 7) is 3.10. The summed E-state index contributed by atoms with van der Waals surface area (Å²) in [6, 6.07) is 7.51. The van der Waals surface area contributed by atoms with Crippen LogP contribution in [0.3, 0.4) is 0 Å². The van der Waals surface area contributed by atoms with Crippen molar-refractivity contribution in [2.75, 3.05) is 32.1 Å². The third-order valence-corrected chi connectivity index (χ3v) is 3.73. The summed E-state index contributed by atoms with van der Waals surface area (Å²) in [5.74, 6) is 0.759. The second kappa shape index (κ2) is 9.64. The zero-order chi connectivity index (χ0) is 14.2. The molecule has 0 unspecified atom stereocenters. The number of halogens is 1. The number of hydrogen-bond acceptors (Lipinski definition) is 3. The van der Waals surface area contributed by atoms with Crippen molar-refractivity contribution in [1.29, 1.82) is 0 Å². The van der Waals surface area contributed by atoms with Gasteiger partial charge in [0, 0.05) is 13.0 Å². The van der Waals surface area contributed by atoms with Crippen LogP contribution in [0.1, 0.15) is 32.1 Å². The fourth-order valence-corrected chi connectivity index (χ4v) is 2.58. The van der Waals surface area contributed by atoms with Gasteiger partial charge in [-0.1, -0.05) is 25.0 Å². The van der Waals surface area contributed by atoms with Crippen molar-refractivity contribution in [3.63, 3.8) is 0 Å². The van der Waals surface area contributed by atoms with E-state index in [-0.39, 0.29) is 18.3 Å². The van der Waals surface area contributed by atoms with Crippen molar-refractivity contribution in [2.24, 2.45) is 0 Å². The van der Waals surface area contributed by atoms with E-state index in [0.29, 0.717) is 12.2 Å². The molecule has 0 bridgehead atoms. The molecular weight excluding hydrogens is 288 g/mol. The van der Waals surface area contributed by atoms with E-state index in [1.54, 1.807) is 7.11 Å². The second-order valence-corrected chi connectivity index (χ2v) is 5.25. The minimum Gasteiger partial charge on any atom is -1.00 e. The van der Waals surface area contributed by atoms with Crippen LogP contribution < -0.4 is 22.5 Å². The van der Waals surface area contributed by atoms with Crippen LogP contribution in [0.2, 0.25) is 0 Å². The van der Waals surface area contributed by atoms with Crippen molar-refractivity contribution >= 4 is 11.6 Å². The Balaban J connectivity index is 0.00000220. The van der Waals surface area contributed by atoms with Crippen LogP contribution in [-0.4, -0.2) is 37.6 Å². The third-order valence-electron chi connectivity index (χ3n) is 3.73. The Morgan fingerprint density at radius 3 is 2.52 bits per heavy atom. The fourth-order valence-electron chi connectivity index (χ4n) is 2.58. The summed E-state index contributed by atoms with van der Waals surface area (Å²) in [5.41, 5.74) is 0.746. The molecule has 0 aromatic heterocycles. The summed E-state index contributed by atoms with van der Waals surface area (Å²) in [7, 11) is 1.61. The quantitative estimate of drug-likeness (QED) is 0.826. The minimum atomic E-state index is 0.